The van der Waals surface area contributed by atoms with Crippen LogP contribution in [0.25, 0.3) is 0 Å². The van der Waals surface area contributed by atoms with Gasteiger partial charge >= 0.3 is 0 Å². The van der Waals surface area contributed by atoms with E-state index in [4.69, 9.17) is 5.11 Å². The van der Waals surface area contributed by atoms with Crippen molar-refractivity contribution in [2.75, 3.05) is 19.7 Å². The van der Waals surface area contributed by atoms with Crippen LogP contribution >= 0.6 is 0 Å². The van der Waals surface area contributed by atoms with Crippen molar-refractivity contribution in [3.8, 4) is 11.8 Å². The fraction of sp³-hybridized carbons (Fsp3) is 0.250. The number of sulfonamides is 1. The summed E-state index contributed by atoms with van der Waals surface area (Å²) in [4.78, 5) is 26.1. The molecule has 0 bridgehead atoms. The number of pyridine rings is 1. The number of nitrogens with one attached hydrogen (secondary N) is 1. The number of hydrogen-bond acceptors (Lipinski definition) is 6. The maximum absolute atomic E-state index is 12.4. The minimum Gasteiger partial charge on any atom is -0.384 e. The van der Waals surface area contributed by atoms with E-state index in [1.54, 1.807) is 0 Å². The second-order valence-corrected chi connectivity index (χ2v) is 6.05. The lowest BCUT2D eigenvalue weighted by Gasteiger charge is -2.24. The van der Waals surface area contributed by atoms with Gasteiger partial charge in [0.1, 0.15) is 11.5 Å². The Balaban J connectivity index is 2.35. The summed E-state index contributed by atoms with van der Waals surface area (Å²) in [6.07, 6.45) is 2.45. The highest BCUT2D eigenvalue weighted by Crippen LogP contribution is 2.16. The molecule has 21 heavy (non-hydrogen) atoms. The van der Waals surface area contributed by atoms with E-state index < -0.39 is 34.9 Å². The lowest BCUT2D eigenvalue weighted by Crippen LogP contribution is -2.53. The lowest BCUT2D eigenvalue weighted by molar-refractivity contribution is -0.134. The molecule has 2 rings (SSSR count). The first-order chi connectivity index (χ1) is 9.93. The van der Waals surface area contributed by atoms with Crippen LogP contribution in [0.2, 0.25) is 0 Å². The molecule has 1 saturated heterocycles. The number of aromatic nitrogens is 1. The summed E-state index contributed by atoms with van der Waals surface area (Å²) in [5.41, 5.74) is 0.304. The van der Waals surface area contributed by atoms with E-state index in [0.29, 0.717) is 5.56 Å². The average Bonchev–Trinajstić information content (AvgIpc) is 2.44. The smallest absolute Gasteiger partial charge is 0.245 e. The average molecular weight is 309 g/mol. The third kappa shape index (κ3) is 3.43. The van der Waals surface area contributed by atoms with Gasteiger partial charge < -0.3 is 5.11 Å². The van der Waals surface area contributed by atoms with Crippen LogP contribution in [0, 0.1) is 11.8 Å². The van der Waals surface area contributed by atoms with Gasteiger partial charge in [-0.3, -0.25) is 19.9 Å². The van der Waals surface area contributed by atoms with Crippen molar-refractivity contribution < 1.29 is 23.1 Å². The summed E-state index contributed by atoms with van der Waals surface area (Å²) in [5, 5.41) is 10.6. The van der Waals surface area contributed by atoms with Gasteiger partial charge in [0.05, 0.1) is 13.1 Å². The molecule has 1 aliphatic rings. The molecule has 2 N–H and O–H groups in total. The van der Waals surface area contributed by atoms with E-state index in [0.717, 1.165) is 10.5 Å². The molecule has 0 atom stereocenters. The van der Waals surface area contributed by atoms with Crippen molar-refractivity contribution in [2.24, 2.45) is 0 Å². The molecule has 2 heterocycles. The molecule has 0 aromatic carbocycles. The number of nitrogens with zero attached hydrogens (tertiary/aromatic N) is 2. The molecule has 2 amide bonds. The van der Waals surface area contributed by atoms with E-state index in [2.05, 4.69) is 16.8 Å². The number of imide groups is 1. The fourth-order valence-corrected chi connectivity index (χ4v) is 3.04. The summed E-state index contributed by atoms with van der Waals surface area (Å²) < 4.78 is 25.5. The number of aliphatic hydroxyl groups excluding tert-OH is 1. The third-order valence-corrected chi connectivity index (χ3v) is 4.34. The quantitative estimate of drug-likeness (QED) is 0.485. The van der Waals surface area contributed by atoms with Gasteiger partial charge in [-0.1, -0.05) is 11.8 Å². The van der Waals surface area contributed by atoms with Crippen LogP contribution in [0.15, 0.2) is 23.4 Å². The van der Waals surface area contributed by atoms with Gasteiger partial charge in [0.15, 0.2) is 0 Å². The second kappa shape index (κ2) is 6.01. The molecule has 0 unspecified atom stereocenters. The van der Waals surface area contributed by atoms with Crippen molar-refractivity contribution in [1.82, 2.24) is 14.6 Å². The van der Waals surface area contributed by atoms with Gasteiger partial charge in [0, 0.05) is 18.0 Å². The molecule has 0 radical (unpaired) electrons. The highest BCUT2D eigenvalue weighted by molar-refractivity contribution is 7.89. The van der Waals surface area contributed by atoms with Crippen molar-refractivity contribution >= 4 is 21.8 Å². The zero-order valence-electron chi connectivity index (χ0n) is 10.7. The molecule has 0 spiro atoms. The van der Waals surface area contributed by atoms with Gasteiger partial charge in [0.25, 0.3) is 0 Å². The molecule has 9 heteroatoms. The van der Waals surface area contributed by atoms with E-state index in [1.165, 1.54) is 12.3 Å². The molecule has 1 aromatic heterocycles. The van der Waals surface area contributed by atoms with Crippen molar-refractivity contribution in [1.29, 1.82) is 0 Å². The Morgan fingerprint density at radius 3 is 2.57 bits per heavy atom. The molecular formula is C12H11N3O5S. The second-order valence-electron chi connectivity index (χ2n) is 4.11. The van der Waals surface area contributed by atoms with E-state index in [1.807, 2.05) is 5.32 Å². The number of carbonyl (C=O) groups excluding carboxylic acids is 2. The van der Waals surface area contributed by atoms with Crippen LogP contribution in [-0.2, 0) is 19.6 Å². The summed E-state index contributed by atoms with van der Waals surface area (Å²) in [7, 11) is -4.02. The summed E-state index contributed by atoms with van der Waals surface area (Å²) in [6.45, 7) is -1.22. The van der Waals surface area contributed by atoms with Crippen LogP contribution < -0.4 is 5.32 Å². The number of rotatable bonds is 2. The Morgan fingerprint density at radius 1 is 1.29 bits per heavy atom. The summed E-state index contributed by atoms with van der Waals surface area (Å²) in [6, 6.07) is 1.27. The number of amides is 2. The minimum absolute atomic E-state index is 0.172. The van der Waals surface area contributed by atoms with Gasteiger partial charge in [-0.25, -0.2) is 8.42 Å². The van der Waals surface area contributed by atoms with Gasteiger partial charge in [-0.05, 0) is 6.07 Å². The Bertz CT molecular complexity index is 732. The standard InChI is InChI=1S/C12H11N3O5S/c16-3-1-2-9-4-10(6-13-5-9)21(19,20)15-7-11(17)14-12(18)8-15/h4-6,16H,3,7-8H2,(H,14,17,18). The predicted molar refractivity (Wildman–Crippen MR) is 70.1 cm³/mol. The molecule has 110 valence electrons. The SMILES string of the molecule is O=C1CN(S(=O)(=O)c2cncc(C#CCO)c2)CC(=O)N1. The van der Waals surface area contributed by atoms with Crippen LogP contribution in [0.1, 0.15) is 5.56 Å². The van der Waals surface area contributed by atoms with E-state index in [-0.39, 0.29) is 11.5 Å². The zero-order chi connectivity index (χ0) is 15.5. The predicted octanol–water partition coefficient (Wildman–Crippen LogP) is -1.93. The van der Waals surface area contributed by atoms with Gasteiger partial charge in [-0.15, -0.1) is 0 Å². The van der Waals surface area contributed by atoms with Crippen molar-refractivity contribution in [3.05, 3.63) is 24.0 Å². The van der Waals surface area contributed by atoms with E-state index >= 15 is 0 Å². The highest BCUT2D eigenvalue weighted by Gasteiger charge is 2.33. The third-order valence-electron chi connectivity index (χ3n) is 2.58. The Hall–Kier alpha value is -2.28. The minimum atomic E-state index is -4.02. The topological polar surface area (TPSA) is 117 Å². The van der Waals surface area contributed by atoms with Gasteiger partial charge in [0.2, 0.25) is 21.8 Å². The number of carbonyl (C=O) groups is 2. The Morgan fingerprint density at radius 2 is 1.95 bits per heavy atom. The monoisotopic (exact) mass is 309 g/mol. The van der Waals surface area contributed by atoms with Crippen molar-refractivity contribution in [2.45, 2.75) is 4.90 Å². The maximum atomic E-state index is 12.4. The van der Waals surface area contributed by atoms with Crippen molar-refractivity contribution in [3.63, 3.8) is 0 Å². The number of hydrogen-bond donors (Lipinski definition) is 2. The zero-order valence-corrected chi connectivity index (χ0v) is 11.6. The molecule has 8 nitrogen and oxygen atoms in total. The first-order valence-electron chi connectivity index (χ1n) is 5.81. The van der Waals surface area contributed by atoms with Crippen LogP contribution in [0.5, 0.6) is 0 Å². The summed E-state index contributed by atoms with van der Waals surface area (Å²) in [5.74, 6) is 3.55. The molecule has 1 aliphatic heterocycles. The maximum Gasteiger partial charge on any atom is 0.245 e. The molecule has 1 aromatic rings. The highest BCUT2D eigenvalue weighted by atomic mass is 32.2. The Kier molecular flexibility index (Phi) is 4.32. The molecule has 1 fully saturated rings. The fourth-order valence-electron chi connectivity index (χ4n) is 1.70. The summed E-state index contributed by atoms with van der Waals surface area (Å²) >= 11 is 0. The number of piperazine rings is 1. The van der Waals surface area contributed by atoms with Crippen LogP contribution in [0.3, 0.4) is 0 Å². The van der Waals surface area contributed by atoms with E-state index in [9.17, 15) is 18.0 Å². The van der Waals surface area contributed by atoms with Gasteiger partial charge in [-0.2, -0.15) is 4.31 Å². The lowest BCUT2D eigenvalue weighted by atomic mass is 10.3. The van der Waals surface area contributed by atoms with Crippen LogP contribution in [0.4, 0.5) is 0 Å². The van der Waals surface area contributed by atoms with Crippen LogP contribution in [-0.4, -0.2) is 54.3 Å². The largest absolute Gasteiger partial charge is 0.384 e. The normalized spacial score (nSPS) is 16.0. The first kappa shape index (κ1) is 15.1. The first-order valence-corrected chi connectivity index (χ1v) is 7.25. The number of aliphatic hydroxyl groups is 1. The molecular weight excluding hydrogens is 298 g/mol. The Labute approximate surface area is 120 Å². The molecule has 0 saturated carbocycles. The molecule has 0 aliphatic carbocycles.